The number of rotatable bonds is 2. The minimum absolute atomic E-state index is 0.0125. The molecular weight excluding hydrogens is 214 g/mol. The largest absolute Gasteiger partial charge is 0.329 e. The fourth-order valence-electron chi connectivity index (χ4n) is 1.97. The van der Waals surface area contributed by atoms with Crippen molar-refractivity contribution in [2.45, 2.75) is 25.4 Å². The fraction of sp³-hybridized carbons (Fsp3) is 0.667. The van der Waals surface area contributed by atoms with Crippen molar-refractivity contribution in [3.8, 4) is 0 Å². The Balaban J connectivity index is 2.28. The third-order valence-electron chi connectivity index (χ3n) is 2.76. The molecule has 0 bridgehead atoms. The highest BCUT2D eigenvalue weighted by molar-refractivity contribution is 7.91. The summed E-state index contributed by atoms with van der Waals surface area (Å²) in [4.78, 5) is 4.02. The van der Waals surface area contributed by atoms with Gasteiger partial charge in [-0.3, -0.25) is 0 Å². The van der Waals surface area contributed by atoms with Gasteiger partial charge in [-0.05, 0) is 13.3 Å². The normalized spacial score (nSPS) is 26.7. The lowest BCUT2D eigenvalue weighted by Crippen LogP contribution is -2.17. The van der Waals surface area contributed by atoms with E-state index in [0.717, 1.165) is 5.69 Å². The molecule has 0 amide bonds. The van der Waals surface area contributed by atoms with Crippen LogP contribution in [0.2, 0.25) is 0 Å². The fourth-order valence-corrected chi connectivity index (χ4v) is 3.68. The average Bonchev–Trinajstić information content (AvgIpc) is 2.69. The lowest BCUT2D eigenvalue weighted by molar-refractivity contribution is 0.520. The number of nitrogens with two attached hydrogens (primary N) is 1. The first-order valence-electron chi connectivity index (χ1n) is 4.97. The molecule has 1 aromatic heterocycles. The van der Waals surface area contributed by atoms with E-state index in [1.807, 2.05) is 11.5 Å². The van der Waals surface area contributed by atoms with Gasteiger partial charge >= 0.3 is 0 Å². The summed E-state index contributed by atoms with van der Waals surface area (Å²) in [6, 6.07) is -0.102. The summed E-state index contributed by atoms with van der Waals surface area (Å²) in [5.74, 6) is 0.483. The Bertz CT molecular complexity index is 450. The van der Waals surface area contributed by atoms with Crippen LogP contribution in [0.5, 0.6) is 0 Å². The van der Waals surface area contributed by atoms with E-state index in [1.54, 1.807) is 12.5 Å². The summed E-state index contributed by atoms with van der Waals surface area (Å²) in [6.45, 7) is 1.87. The van der Waals surface area contributed by atoms with E-state index in [-0.39, 0.29) is 23.6 Å². The molecule has 1 fully saturated rings. The van der Waals surface area contributed by atoms with Crippen molar-refractivity contribution in [1.82, 2.24) is 9.55 Å². The molecule has 1 aliphatic rings. The van der Waals surface area contributed by atoms with Gasteiger partial charge in [0.05, 0.1) is 23.5 Å². The van der Waals surface area contributed by atoms with Crippen LogP contribution >= 0.6 is 0 Å². The third kappa shape index (κ3) is 2.05. The molecule has 2 rings (SSSR count). The second kappa shape index (κ2) is 3.61. The molecule has 1 aromatic rings. The van der Waals surface area contributed by atoms with Crippen LogP contribution in [-0.4, -0.2) is 29.5 Å². The molecule has 2 unspecified atom stereocenters. The van der Waals surface area contributed by atoms with E-state index < -0.39 is 9.84 Å². The van der Waals surface area contributed by atoms with Crippen LogP contribution in [0.15, 0.2) is 12.5 Å². The summed E-state index contributed by atoms with van der Waals surface area (Å²) in [6.07, 6.45) is 4.04. The van der Waals surface area contributed by atoms with E-state index in [0.29, 0.717) is 6.42 Å². The maximum absolute atomic E-state index is 11.4. The monoisotopic (exact) mass is 229 g/mol. The number of hydrogen-bond acceptors (Lipinski definition) is 4. The Morgan fingerprint density at radius 1 is 1.67 bits per heavy atom. The third-order valence-corrected chi connectivity index (χ3v) is 4.51. The SMILES string of the molecule is CC(N)c1cncn1C1CCS(=O)(=O)C1. The van der Waals surface area contributed by atoms with Crippen molar-refractivity contribution in [3.63, 3.8) is 0 Å². The van der Waals surface area contributed by atoms with Gasteiger partial charge in [-0.15, -0.1) is 0 Å². The van der Waals surface area contributed by atoms with Gasteiger partial charge in [0.15, 0.2) is 9.84 Å². The number of hydrogen-bond donors (Lipinski definition) is 1. The van der Waals surface area contributed by atoms with Crippen molar-refractivity contribution in [3.05, 3.63) is 18.2 Å². The molecule has 15 heavy (non-hydrogen) atoms. The lowest BCUT2D eigenvalue weighted by Gasteiger charge is -2.15. The highest BCUT2D eigenvalue weighted by Crippen LogP contribution is 2.26. The highest BCUT2D eigenvalue weighted by atomic mass is 32.2. The standard InChI is InChI=1S/C9H15N3O2S/c1-7(10)9-4-11-6-12(9)8-2-3-15(13,14)5-8/h4,6-8H,2-3,5,10H2,1H3. The lowest BCUT2D eigenvalue weighted by atomic mass is 10.2. The zero-order chi connectivity index (χ0) is 11.1. The maximum atomic E-state index is 11.4. The van der Waals surface area contributed by atoms with Crippen LogP contribution in [0.4, 0.5) is 0 Å². The predicted octanol–water partition coefficient (Wildman–Crippen LogP) is 0.262. The second-order valence-electron chi connectivity index (χ2n) is 4.07. The summed E-state index contributed by atoms with van der Waals surface area (Å²) < 4.78 is 24.6. The first-order chi connectivity index (χ1) is 6.99. The Kier molecular flexibility index (Phi) is 2.56. The molecule has 0 aliphatic carbocycles. The van der Waals surface area contributed by atoms with Crippen LogP contribution in [0.3, 0.4) is 0 Å². The molecule has 2 heterocycles. The van der Waals surface area contributed by atoms with E-state index >= 15 is 0 Å². The quantitative estimate of drug-likeness (QED) is 0.789. The molecule has 2 N–H and O–H groups in total. The van der Waals surface area contributed by atoms with E-state index in [9.17, 15) is 8.42 Å². The van der Waals surface area contributed by atoms with Gasteiger partial charge in [0.25, 0.3) is 0 Å². The molecule has 1 aliphatic heterocycles. The van der Waals surface area contributed by atoms with Crippen molar-refractivity contribution in [1.29, 1.82) is 0 Å². The van der Waals surface area contributed by atoms with E-state index in [1.165, 1.54) is 0 Å². The Morgan fingerprint density at radius 2 is 2.40 bits per heavy atom. The molecule has 0 spiro atoms. The maximum Gasteiger partial charge on any atom is 0.152 e. The van der Waals surface area contributed by atoms with Crippen molar-refractivity contribution < 1.29 is 8.42 Å². The molecule has 0 aromatic carbocycles. The average molecular weight is 229 g/mol. The molecular formula is C9H15N3O2S. The van der Waals surface area contributed by atoms with Gasteiger partial charge in [0.2, 0.25) is 0 Å². The predicted molar refractivity (Wildman–Crippen MR) is 57.1 cm³/mol. The molecule has 0 saturated carbocycles. The van der Waals surface area contributed by atoms with Crippen LogP contribution < -0.4 is 5.73 Å². The van der Waals surface area contributed by atoms with Gasteiger partial charge in [-0.2, -0.15) is 0 Å². The first kappa shape index (κ1) is 10.6. The first-order valence-corrected chi connectivity index (χ1v) is 6.79. The topological polar surface area (TPSA) is 78.0 Å². The van der Waals surface area contributed by atoms with Gasteiger partial charge in [0, 0.05) is 18.3 Å². The smallest absolute Gasteiger partial charge is 0.152 e. The summed E-state index contributed by atoms with van der Waals surface area (Å²) in [7, 11) is -2.85. The Morgan fingerprint density at radius 3 is 2.93 bits per heavy atom. The minimum Gasteiger partial charge on any atom is -0.329 e. The minimum atomic E-state index is -2.85. The molecule has 5 nitrogen and oxygen atoms in total. The van der Waals surface area contributed by atoms with E-state index in [2.05, 4.69) is 4.98 Å². The summed E-state index contributed by atoms with van der Waals surface area (Å²) >= 11 is 0. The van der Waals surface area contributed by atoms with Crippen molar-refractivity contribution in [2.24, 2.45) is 5.73 Å². The van der Waals surface area contributed by atoms with Crippen LogP contribution in [-0.2, 0) is 9.84 Å². The van der Waals surface area contributed by atoms with Crippen molar-refractivity contribution >= 4 is 9.84 Å². The second-order valence-corrected chi connectivity index (χ2v) is 6.30. The number of sulfone groups is 1. The van der Waals surface area contributed by atoms with Crippen molar-refractivity contribution in [2.75, 3.05) is 11.5 Å². The zero-order valence-electron chi connectivity index (χ0n) is 8.63. The van der Waals surface area contributed by atoms with Gasteiger partial charge in [-0.1, -0.05) is 0 Å². The van der Waals surface area contributed by atoms with E-state index in [4.69, 9.17) is 5.73 Å². The Labute approximate surface area is 89.2 Å². The van der Waals surface area contributed by atoms with Crippen LogP contribution in [0.25, 0.3) is 0 Å². The number of nitrogens with zero attached hydrogens (tertiary/aromatic N) is 2. The summed E-state index contributed by atoms with van der Waals surface area (Å²) in [5.41, 5.74) is 6.68. The van der Waals surface area contributed by atoms with Gasteiger partial charge < -0.3 is 10.3 Å². The van der Waals surface area contributed by atoms with Crippen LogP contribution in [0.1, 0.15) is 31.1 Å². The zero-order valence-corrected chi connectivity index (χ0v) is 9.44. The number of imidazole rings is 1. The van der Waals surface area contributed by atoms with Gasteiger partial charge in [-0.25, -0.2) is 13.4 Å². The molecule has 0 radical (unpaired) electrons. The molecule has 1 saturated heterocycles. The van der Waals surface area contributed by atoms with Crippen LogP contribution in [0, 0.1) is 0 Å². The highest BCUT2D eigenvalue weighted by Gasteiger charge is 2.30. The summed E-state index contributed by atoms with van der Waals surface area (Å²) in [5, 5.41) is 0. The number of aromatic nitrogens is 2. The molecule has 6 heteroatoms. The molecule has 2 atom stereocenters. The Hall–Kier alpha value is -0.880. The molecule has 84 valence electrons. The van der Waals surface area contributed by atoms with Gasteiger partial charge in [0.1, 0.15) is 0 Å².